The molecular formula is C26H25FN2O4S. The fraction of sp³-hybridized carbons (Fsp3) is 0.192. The van der Waals surface area contributed by atoms with Crippen LogP contribution in [0, 0.1) is 5.82 Å². The molecule has 0 aromatic heterocycles. The van der Waals surface area contributed by atoms with Crippen LogP contribution in [-0.2, 0) is 16.1 Å². The predicted molar refractivity (Wildman–Crippen MR) is 131 cm³/mol. The normalized spacial score (nSPS) is 11.5. The minimum atomic E-state index is -1.07. The molecule has 34 heavy (non-hydrogen) atoms. The Hall–Kier alpha value is -3.65. The van der Waals surface area contributed by atoms with E-state index in [-0.39, 0.29) is 23.1 Å². The first-order valence-corrected chi connectivity index (χ1v) is 11.6. The molecule has 0 saturated heterocycles. The number of carbonyl (C=O) groups is 3. The number of carbonyl (C=O) groups excluding carboxylic acids is 3. The fourth-order valence-electron chi connectivity index (χ4n) is 3.08. The van der Waals surface area contributed by atoms with Gasteiger partial charge in [0.15, 0.2) is 11.2 Å². The Labute approximate surface area is 201 Å². The van der Waals surface area contributed by atoms with Gasteiger partial charge in [0.1, 0.15) is 12.4 Å². The Kier molecular flexibility index (Phi) is 8.81. The van der Waals surface area contributed by atoms with Crippen LogP contribution >= 0.6 is 11.8 Å². The summed E-state index contributed by atoms with van der Waals surface area (Å²) in [5.41, 5.74) is 0.930. The van der Waals surface area contributed by atoms with Gasteiger partial charge in [-0.1, -0.05) is 80.6 Å². The number of para-hydroxylation sites is 1. The zero-order valence-corrected chi connectivity index (χ0v) is 19.6. The van der Waals surface area contributed by atoms with E-state index in [1.807, 2.05) is 44.2 Å². The summed E-state index contributed by atoms with van der Waals surface area (Å²) in [4.78, 5) is 38.3. The van der Waals surface area contributed by atoms with Crippen molar-refractivity contribution in [1.29, 1.82) is 0 Å². The number of alkyl carbamates (subject to hydrolysis) is 1. The molecule has 0 aliphatic rings. The van der Waals surface area contributed by atoms with Gasteiger partial charge in [-0.3, -0.25) is 9.59 Å². The second kappa shape index (κ2) is 12.0. The first-order valence-electron chi connectivity index (χ1n) is 10.7. The Bertz CT molecular complexity index is 1140. The maximum Gasteiger partial charge on any atom is 0.408 e. The van der Waals surface area contributed by atoms with E-state index in [4.69, 9.17) is 4.74 Å². The van der Waals surface area contributed by atoms with Crippen LogP contribution in [0.2, 0.25) is 0 Å². The number of anilines is 1. The van der Waals surface area contributed by atoms with E-state index in [9.17, 15) is 18.8 Å². The summed E-state index contributed by atoms with van der Waals surface area (Å²) >= 11 is 1.16. The molecule has 8 heteroatoms. The van der Waals surface area contributed by atoms with Crippen molar-refractivity contribution in [3.05, 3.63) is 101 Å². The lowest BCUT2D eigenvalue weighted by Gasteiger charge is -2.20. The highest BCUT2D eigenvalue weighted by molar-refractivity contribution is 8.01. The third-order valence-electron chi connectivity index (χ3n) is 4.65. The van der Waals surface area contributed by atoms with Crippen molar-refractivity contribution in [3.8, 4) is 0 Å². The summed E-state index contributed by atoms with van der Waals surface area (Å²) in [7, 11) is 0. The number of nitrogens with one attached hydrogen (secondary N) is 2. The Morgan fingerprint density at radius 2 is 1.56 bits per heavy atom. The van der Waals surface area contributed by atoms with Gasteiger partial charge in [-0.05, 0) is 17.7 Å². The number of hydrogen-bond donors (Lipinski definition) is 2. The highest BCUT2D eigenvalue weighted by atomic mass is 32.2. The molecule has 6 nitrogen and oxygen atoms in total. The summed E-state index contributed by atoms with van der Waals surface area (Å²) in [6, 6.07) is 21.5. The molecule has 176 valence electrons. The van der Waals surface area contributed by atoms with E-state index in [1.165, 1.54) is 12.1 Å². The van der Waals surface area contributed by atoms with Crippen LogP contribution in [0.5, 0.6) is 0 Å². The Morgan fingerprint density at radius 1 is 0.912 bits per heavy atom. The third kappa shape index (κ3) is 6.92. The third-order valence-corrected chi connectivity index (χ3v) is 5.80. The first kappa shape index (κ1) is 25.0. The lowest BCUT2D eigenvalue weighted by molar-refractivity contribution is -0.116. The van der Waals surface area contributed by atoms with Crippen molar-refractivity contribution in [1.82, 2.24) is 5.32 Å². The number of thioether (sulfide) groups is 1. The van der Waals surface area contributed by atoms with Crippen LogP contribution in [0.3, 0.4) is 0 Å². The molecule has 2 amide bonds. The van der Waals surface area contributed by atoms with Gasteiger partial charge in [0.2, 0.25) is 0 Å². The minimum Gasteiger partial charge on any atom is -0.445 e. The lowest BCUT2D eigenvalue weighted by Crippen LogP contribution is -2.42. The van der Waals surface area contributed by atoms with E-state index >= 15 is 0 Å². The van der Waals surface area contributed by atoms with Gasteiger partial charge >= 0.3 is 6.09 Å². The van der Waals surface area contributed by atoms with Gasteiger partial charge in [0, 0.05) is 16.4 Å². The van der Waals surface area contributed by atoms with Gasteiger partial charge in [-0.2, -0.15) is 0 Å². The molecule has 0 saturated carbocycles. The topological polar surface area (TPSA) is 84.5 Å². The van der Waals surface area contributed by atoms with Crippen LogP contribution in [0.1, 0.15) is 35.3 Å². The Balaban J connectivity index is 1.75. The van der Waals surface area contributed by atoms with Gasteiger partial charge in [-0.25, -0.2) is 9.18 Å². The summed E-state index contributed by atoms with van der Waals surface area (Å²) < 4.78 is 19.9. The molecule has 1 atom stereocenters. The fourth-order valence-corrected chi connectivity index (χ4v) is 3.97. The molecule has 0 bridgehead atoms. The van der Waals surface area contributed by atoms with Crippen molar-refractivity contribution in [2.45, 2.75) is 31.1 Å². The molecule has 3 aromatic rings. The molecule has 3 rings (SSSR count). The van der Waals surface area contributed by atoms with Crippen molar-refractivity contribution in [2.75, 3.05) is 5.32 Å². The summed E-state index contributed by atoms with van der Waals surface area (Å²) in [5.74, 6) is -1.86. The van der Waals surface area contributed by atoms with Crippen LogP contribution in [-0.4, -0.2) is 28.4 Å². The summed E-state index contributed by atoms with van der Waals surface area (Å²) in [5, 5.41) is 3.91. The molecule has 0 radical (unpaired) electrons. The maximum atomic E-state index is 14.7. The van der Waals surface area contributed by atoms with Crippen LogP contribution < -0.4 is 10.6 Å². The first-order chi connectivity index (χ1) is 16.3. The molecule has 0 aliphatic heterocycles. The van der Waals surface area contributed by atoms with E-state index in [0.29, 0.717) is 5.56 Å². The average molecular weight is 481 g/mol. The number of rotatable bonds is 9. The molecule has 0 fully saturated rings. The Morgan fingerprint density at radius 3 is 2.21 bits per heavy atom. The zero-order chi connectivity index (χ0) is 24.5. The lowest BCUT2D eigenvalue weighted by atomic mass is 10.0. The highest BCUT2D eigenvalue weighted by Gasteiger charge is 2.26. The molecule has 0 heterocycles. The number of ether oxygens (including phenoxy) is 1. The number of halogens is 1. The van der Waals surface area contributed by atoms with Gasteiger partial charge in [0.25, 0.3) is 5.91 Å². The molecular weight excluding hydrogens is 455 g/mol. The monoisotopic (exact) mass is 480 g/mol. The van der Waals surface area contributed by atoms with Crippen LogP contribution in [0.4, 0.5) is 14.9 Å². The largest absolute Gasteiger partial charge is 0.445 e. The van der Waals surface area contributed by atoms with E-state index in [0.717, 1.165) is 23.4 Å². The zero-order valence-electron chi connectivity index (χ0n) is 18.8. The van der Waals surface area contributed by atoms with Crippen LogP contribution in [0.25, 0.3) is 0 Å². The van der Waals surface area contributed by atoms with E-state index in [1.54, 1.807) is 30.3 Å². The second-order valence-electron chi connectivity index (χ2n) is 7.62. The quantitative estimate of drug-likeness (QED) is 0.317. The van der Waals surface area contributed by atoms with Gasteiger partial charge in [0.05, 0.1) is 5.69 Å². The molecule has 2 N–H and O–H groups in total. The van der Waals surface area contributed by atoms with Gasteiger partial charge < -0.3 is 15.4 Å². The average Bonchev–Trinajstić information content (AvgIpc) is 2.84. The number of benzene rings is 3. The van der Waals surface area contributed by atoms with Crippen molar-refractivity contribution < 1.29 is 23.5 Å². The predicted octanol–water partition coefficient (Wildman–Crippen LogP) is 5.39. The SMILES string of the molecule is CC(C)SC(NC(=O)OCc1ccccc1)C(=O)Nc1c(F)cccc1C(=O)c1ccccc1. The smallest absolute Gasteiger partial charge is 0.408 e. The molecule has 0 spiro atoms. The van der Waals surface area contributed by atoms with Crippen LogP contribution in [0.15, 0.2) is 78.9 Å². The minimum absolute atomic E-state index is 0.0134. The molecule has 0 aliphatic carbocycles. The standard InChI is InChI=1S/C26H25FN2O4S/c1-17(2)34-25(29-26(32)33-16-18-10-5-3-6-11-18)24(31)28-22-20(14-9-15-21(22)27)23(30)19-12-7-4-8-13-19/h3-15,17,25H,16H2,1-2H3,(H,28,31)(H,29,32). The molecule has 1 unspecified atom stereocenters. The van der Waals surface area contributed by atoms with Crippen molar-refractivity contribution in [2.24, 2.45) is 0 Å². The van der Waals surface area contributed by atoms with Crippen molar-refractivity contribution in [3.63, 3.8) is 0 Å². The van der Waals surface area contributed by atoms with Crippen molar-refractivity contribution >= 4 is 35.2 Å². The number of ketones is 1. The second-order valence-corrected chi connectivity index (χ2v) is 9.30. The number of hydrogen-bond acceptors (Lipinski definition) is 5. The highest BCUT2D eigenvalue weighted by Crippen LogP contribution is 2.25. The van der Waals surface area contributed by atoms with Gasteiger partial charge in [-0.15, -0.1) is 11.8 Å². The maximum absolute atomic E-state index is 14.7. The number of amides is 2. The van der Waals surface area contributed by atoms with E-state index < -0.39 is 29.0 Å². The van der Waals surface area contributed by atoms with E-state index in [2.05, 4.69) is 10.6 Å². The summed E-state index contributed by atoms with van der Waals surface area (Å²) in [6.45, 7) is 3.75. The summed E-state index contributed by atoms with van der Waals surface area (Å²) in [6.07, 6.45) is -0.786. The molecule has 3 aromatic carbocycles.